The summed E-state index contributed by atoms with van der Waals surface area (Å²) in [6, 6.07) is 6.80. The Morgan fingerprint density at radius 2 is 1.83 bits per heavy atom. The predicted molar refractivity (Wildman–Crippen MR) is 81.1 cm³/mol. The predicted octanol–water partition coefficient (Wildman–Crippen LogP) is 4.12. The second kappa shape index (κ2) is 7.58. The van der Waals surface area contributed by atoms with Gasteiger partial charge in [-0.2, -0.15) is 0 Å². The van der Waals surface area contributed by atoms with Crippen molar-refractivity contribution in [1.29, 1.82) is 0 Å². The molecule has 0 saturated carbocycles. The number of benzene rings is 1. The highest BCUT2D eigenvalue weighted by atomic mass is 14.8. The zero-order valence-electron chi connectivity index (χ0n) is 12.7. The lowest BCUT2D eigenvalue weighted by Gasteiger charge is -2.21. The minimum atomic E-state index is 0.731. The first-order chi connectivity index (χ1) is 8.54. The van der Waals surface area contributed by atoms with E-state index < -0.39 is 0 Å². The lowest BCUT2D eigenvalue weighted by molar-refractivity contribution is 0.365. The van der Waals surface area contributed by atoms with E-state index in [1.807, 2.05) is 0 Å². The summed E-state index contributed by atoms with van der Waals surface area (Å²) in [6.45, 7) is 13.6. The van der Waals surface area contributed by atoms with Crippen molar-refractivity contribution in [2.75, 3.05) is 13.1 Å². The van der Waals surface area contributed by atoms with Crippen molar-refractivity contribution in [1.82, 2.24) is 5.32 Å². The number of hydrogen-bond donors (Lipinski definition) is 1. The molecule has 0 bridgehead atoms. The van der Waals surface area contributed by atoms with E-state index in [9.17, 15) is 0 Å². The lowest BCUT2D eigenvalue weighted by Crippen LogP contribution is -2.26. The van der Waals surface area contributed by atoms with E-state index in [0.29, 0.717) is 0 Å². The van der Waals surface area contributed by atoms with Crippen molar-refractivity contribution in [2.24, 2.45) is 11.8 Å². The molecular formula is C17H29N. The molecule has 2 unspecified atom stereocenters. The monoisotopic (exact) mass is 247 g/mol. The summed E-state index contributed by atoms with van der Waals surface area (Å²) in [6.07, 6.45) is 2.42. The van der Waals surface area contributed by atoms with Gasteiger partial charge in [-0.1, -0.05) is 44.5 Å². The molecule has 0 fully saturated rings. The zero-order valence-corrected chi connectivity index (χ0v) is 12.7. The van der Waals surface area contributed by atoms with Crippen LogP contribution < -0.4 is 5.32 Å². The van der Waals surface area contributed by atoms with Crippen LogP contribution in [0.25, 0.3) is 0 Å². The van der Waals surface area contributed by atoms with E-state index in [0.717, 1.165) is 24.9 Å². The quantitative estimate of drug-likeness (QED) is 0.715. The Kier molecular flexibility index (Phi) is 6.42. The molecule has 102 valence electrons. The molecule has 0 saturated heterocycles. The van der Waals surface area contributed by atoms with Crippen molar-refractivity contribution < 1.29 is 0 Å². The van der Waals surface area contributed by atoms with Gasteiger partial charge in [0.2, 0.25) is 0 Å². The van der Waals surface area contributed by atoms with Crippen LogP contribution in [0.3, 0.4) is 0 Å². The van der Waals surface area contributed by atoms with E-state index >= 15 is 0 Å². The van der Waals surface area contributed by atoms with Gasteiger partial charge in [-0.25, -0.2) is 0 Å². The Bertz CT molecular complexity index is 357. The molecule has 0 aliphatic rings. The molecule has 0 spiro atoms. The van der Waals surface area contributed by atoms with E-state index in [4.69, 9.17) is 0 Å². The van der Waals surface area contributed by atoms with E-state index in [1.54, 1.807) is 0 Å². The topological polar surface area (TPSA) is 12.0 Å². The molecule has 1 nitrogen and oxygen atoms in total. The Balaban J connectivity index is 2.52. The van der Waals surface area contributed by atoms with Crippen molar-refractivity contribution in [2.45, 2.75) is 47.5 Å². The summed E-state index contributed by atoms with van der Waals surface area (Å²) in [5.74, 6) is 1.46. The highest BCUT2D eigenvalue weighted by Gasteiger charge is 2.13. The van der Waals surface area contributed by atoms with Crippen LogP contribution in [0.5, 0.6) is 0 Å². The first kappa shape index (κ1) is 15.2. The molecule has 2 atom stereocenters. The van der Waals surface area contributed by atoms with E-state index in [-0.39, 0.29) is 0 Å². The minimum absolute atomic E-state index is 0.731. The summed E-state index contributed by atoms with van der Waals surface area (Å²) < 4.78 is 0. The average molecular weight is 247 g/mol. The fraction of sp³-hybridized carbons (Fsp3) is 0.647. The number of rotatable bonds is 7. The molecule has 0 heterocycles. The van der Waals surface area contributed by atoms with Crippen LogP contribution in [-0.4, -0.2) is 13.1 Å². The number of hydrogen-bond acceptors (Lipinski definition) is 1. The normalized spacial score (nSPS) is 14.5. The second-order valence-electron chi connectivity index (χ2n) is 5.79. The number of nitrogens with one attached hydrogen (secondary N) is 1. The minimum Gasteiger partial charge on any atom is -0.316 e. The Labute approximate surface area is 113 Å². The van der Waals surface area contributed by atoms with Crippen LogP contribution >= 0.6 is 0 Å². The van der Waals surface area contributed by atoms with Gasteiger partial charge in [0.15, 0.2) is 0 Å². The lowest BCUT2D eigenvalue weighted by atomic mass is 9.87. The SMILES string of the molecule is CCCNCC(C)C(C)Cc1cc(C)ccc1C. The highest BCUT2D eigenvalue weighted by Crippen LogP contribution is 2.20. The van der Waals surface area contributed by atoms with Gasteiger partial charge in [-0.05, 0) is 62.7 Å². The van der Waals surface area contributed by atoms with Crippen molar-refractivity contribution >= 4 is 0 Å². The maximum Gasteiger partial charge on any atom is -0.00205 e. The van der Waals surface area contributed by atoms with Gasteiger partial charge in [-0.15, -0.1) is 0 Å². The number of aryl methyl sites for hydroxylation is 2. The molecule has 0 aliphatic carbocycles. The Morgan fingerprint density at radius 3 is 2.50 bits per heavy atom. The molecular weight excluding hydrogens is 218 g/mol. The third kappa shape index (κ3) is 4.81. The first-order valence-electron chi connectivity index (χ1n) is 7.31. The van der Waals surface area contributed by atoms with Gasteiger partial charge in [0, 0.05) is 0 Å². The molecule has 0 aromatic heterocycles. The molecule has 1 rings (SSSR count). The Hall–Kier alpha value is -0.820. The third-order valence-electron chi connectivity index (χ3n) is 3.91. The van der Waals surface area contributed by atoms with Gasteiger partial charge in [-0.3, -0.25) is 0 Å². The standard InChI is InChI=1S/C17H29N/c1-6-9-18-12-16(5)15(4)11-17-10-13(2)7-8-14(17)3/h7-8,10,15-16,18H,6,9,11-12H2,1-5H3. The molecule has 1 heteroatoms. The fourth-order valence-electron chi connectivity index (χ4n) is 2.28. The molecule has 18 heavy (non-hydrogen) atoms. The smallest absolute Gasteiger partial charge is 0.00205 e. The molecule has 1 aromatic rings. The van der Waals surface area contributed by atoms with Gasteiger partial charge in [0.05, 0.1) is 0 Å². The maximum atomic E-state index is 3.53. The van der Waals surface area contributed by atoms with Crippen LogP contribution in [0.15, 0.2) is 18.2 Å². The van der Waals surface area contributed by atoms with Crippen LogP contribution in [0, 0.1) is 25.7 Å². The van der Waals surface area contributed by atoms with Crippen molar-refractivity contribution in [3.63, 3.8) is 0 Å². The van der Waals surface area contributed by atoms with E-state index in [1.165, 1.54) is 29.5 Å². The third-order valence-corrected chi connectivity index (χ3v) is 3.91. The second-order valence-corrected chi connectivity index (χ2v) is 5.79. The molecule has 1 N–H and O–H groups in total. The van der Waals surface area contributed by atoms with E-state index in [2.05, 4.69) is 58.1 Å². The fourth-order valence-corrected chi connectivity index (χ4v) is 2.28. The summed E-state index contributed by atoms with van der Waals surface area (Å²) >= 11 is 0. The summed E-state index contributed by atoms with van der Waals surface area (Å²) in [5, 5.41) is 3.53. The van der Waals surface area contributed by atoms with Gasteiger partial charge < -0.3 is 5.32 Å². The Morgan fingerprint density at radius 1 is 1.11 bits per heavy atom. The average Bonchev–Trinajstić information content (AvgIpc) is 2.34. The molecule has 0 aliphatic heterocycles. The largest absolute Gasteiger partial charge is 0.316 e. The first-order valence-corrected chi connectivity index (χ1v) is 7.31. The van der Waals surface area contributed by atoms with Gasteiger partial charge in [0.1, 0.15) is 0 Å². The van der Waals surface area contributed by atoms with Gasteiger partial charge >= 0.3 is 0 Å². The van der Waals surface area contributed by atoms with Crippen LogP contribution in [0.1, 0.15) is 43.9 Å². The maximum absolute atomic E-state index is 3.53. The van der Waals surface area contributed by atoms with Crippen LogP contribution in [0.2, 0.25) is 0 Å². The molecule has 0 radical (unpaired) electrons. The zero-order chi connectivity index (χ0) is 13.5. The van der Waals surface area contributed by atoms with Crippen molar-refractivity contribution in [3.05, 3.63) is 34.9 Å². The molecule has 0 amide bonds. The molecule has 1 aromatic carbocycles. The van der Waals surface area contributed by atoms with Crippen molar-refractivity contribution in [3.8, 4) is 0 Å². The summed E-state index contributed by atoms with van der Waals surface area (Å²) in [5.41, 5.74) is 4.32. The van der Waals surface area contributed by atoms with Crippen LogP contribution in [-0.2, 0) is 6.42 Å². The van der Waals surface area contributed by atoms with Crippen LogP contribution in [0.4, 0.5) is 0 Å². The highest BCUT2D eigenvalue weighted by molar-refractivity contribution is 5.30. The summed E-state index contributed by atoms with van der Waals surface area (Å²) in [4.78, 5) is 0. The summed E-state index contributed by atoms with van der Waals surface area (Å²) in [7, 11) is 0. The van der Waals surface area contributed by atoms with Gasteiger partial charge in [0.25, 0.3) is 0 Å².